The molecule has 3 nitrogen and oxygen atoms in total. The molecule has 0 bridgehead atoms. The van der Waals surface area contributed by atoms with Crippen LogP contribution in [0.1, 0.15) is 34.1 Å². The molecule has 5 unspecified atom stereocenters. The summed E-state index contributed by atoms with van der Waals surface area (Å²) in [5.41, 5.74) is 0. The Morgan fingerprint density at radius 2 is 1.93 bits per heavy atom. The number of hydrogen-bond acceptors (Lipinski definition) is 3. The summed E-state index contributed by atoms with van der Waals surface area (Å²) in [5, 5.41) is 10.0. The molecular weight excluding hydrogens is 192 g/mol. The van der Waals surface area contributed by atoms with Crippen LogP contribution in [0.5, 0.6) is 0 Å². The van der Waals surface area contributed by atoms with Crippen molar-refractivity contribution in [3.05, 3.63) is 0 Å². The van der Waals surface area contributed by atoms with E-state index in [-0.39, 0.29) is 18.1 Å². The molecule has 1 rings (SSSR count). The summed E-state index contributed by atoms with van der Waals surface area (Å²) in [6, 6.07) is 0. The van der Waals surface area contributed by atoms with Crippen LogP contribution in [-0.2, 0) is 9.47 Å². The third kappa shape index (κ3) is 3.16. The van der Waals surface area contributed by atoms with Gasteiger partial charge in [-0.25, -0.2) is 0 Å². The molecule has 90 valence electrons. The van der Waals surface area contributed by atoms with Gasteiger partial charge in [0.15, 0.2) is 0 Å². The van der Waals surface area contributed by atoms with Crippen molar-refractivity contribution in [3.63, 3.8) is 0 Å². The smallest absolute Gasteiger partial charge is 0.0829 e. The molecule has 1 aliphatic heterocycles. The Kier molecular flexibility index (Phi) is 5.03. The van der Waals surface area contributed by atoms with E-state index in [2.05, 4.69) is 20.8 Å². The molecule has 0 saturated carbocycles. The average Bonchev–Trinajstić information content (AvgIpc) is 2.41. The molecule has 15 heavy (non-hydrogen) atoms. The number of ether oxygens (including phenoxy) is 2. The van der Waals surface area contributed by atoms with Crippen LogP contribution >= 0.6 is 0 Å². The summed E-state index contributed by atoms with van der Waals surface area (Å²) in [5.74, 6) is 0.608. The SMILES string of the molecule is CCCOCC(O)C1C(C)OC(C)C1C. The number of aliphatic hydroxyl groups is 1. The van der Waals surface area contributed by atoms with Crippen molar-refractivity contribution >= 4 is 0 Å². The van der Waals surface area contributed by atoms with Gasteiger partial charge in [-0.2, -0.15) is 0 Å². The Hall–Kier alpha value is -0.120. The Labute approximate surface area is 92.8 Å². The summed E-state index contributed by atoms with van der Waals surface area (Å²) in [4.78, 5) is 0. The van der Waals surface area contributed by atoms with Crippen LogP contribution in [0.2, 0.25) is 0 Å². The first-order chi connectivity index (χ1) is 7.07. The molecule has 5 atom stereocenters. The van der Waals surface area contributed by atoms with Crippen LogP contribution < -0.4 is 0 Å². The predicted molar refractivity (Wildman–Crippen MR) is 59.8 cm³/mol. The van der Waals surface area contributed by atoms with Crippen molar-refractivity contribution in [1.29, 1.82) is 0 Å². The molecule has 1 fully saturated rings. The maximum Gasteiger partial charge on any atom is 0.0829 e. The van der Waals surface area contributed by atoms with E-state index in [0.717, 1.165) is 13.0 Å². The van der Waals surface area contributed by atoms with Crippen LogP contribution in [0.25, 0.3) is 0 Å². The lowest BCUT2D eigenvalue weighted by Gasteiger charge is -2.24. The zero-order valence-electron chi connectivity index (χ0n) is 10.3. The molecule has 1 heterocycles. The zero-order chi connectivity index (χ0) is 11.4. The van der Waals surface area contributed by atoms with Crippen molar-refractivity contribution in [1.82, 2.24) is 0 Å². The number of hydrogen-bond donors (Lipinski definition) is 1. The van der Waals surface area contributed by atoms with Crippen LogP contribution in [0, 0.1) is 11.8 Å². The largest absolute Gasteiger partial charge is 0.390 e. The lowest BCUT2D eigenvalue weighted by atomic mass is 9.85. The summed E-state index contributed by atoms with van der Waals surface area (Å²) in [7, 11) is 0. The Morgan fingerprint density at radius 3 is 2.40 bits per heavy atom. The molecule has 0 spiro atoms. The van der Waals surface area contributed by atoms with Gasteiger partial charge in [0.05, 0.1) is 24.9 Å². The quantitative estimate of drug-likeness (QED) is 0.713. The highest BCUT2D eigenvalue weighted by molar-refractivity contribution is 4.88. The fraction of sp³-hybridized carbons (Fsp3) is 1.00. The molecule has 1 saturated heterocycles. The van der Waals surface area contributed by atoms with E-state index in [9.17, 15) is 5.11 Å². The van der Waals surface area contributed by atoms with Crippen molar-refractivity contribution in [2.75, 3.05) is 13.2 Å². The first-order valence-electron chi connectivity index (χ1n) is 5.99. The second-order valence-electron chi connectivity index (χ2n) is 4.63. The third-order valence-corrected chi connectivity index (χ3v) is 3.40. The average molecular weight is 216 g/mol. The van der Waals surface area contributed by atoms with E-state index in [4.69, 9.17) is 9.47 Å². The molecule has 1 aliphatic rings. The van der Waals surface area contributed by atoms with Crippen molar-refractivity contribution in [2.24, 2.45) is 11.8 Å². The lowest BCUT2D eigenvalue weighted by molar-refractivity contribution is -0.0230. The van der Waals surface area contributed by atoms with Gasteiger partial charge in [0, 0.05) is 12.5 Å². The highest BCUT2D eigenvalue weighted by Crippen LogP contribution is 2.34. The summed E-state index contributed by atoms with van der Waals surface area (Å²) in [6.45, 7) is 9.47. The van der Waals surface area contributed by atoms with Gasteiger partial charge in [-0.15, -0.1) is 0 Å². The first-order valence-corrected chi connectivity index (χ1v) is 5.99. The van der Waals surface area contributed by atoms with Gasteiger partial charge in [0.1, 0.15) is 0 Å². The van der Waals surface area contributed by atoms with E-state index in [1.54, 1.807) is 0 Å². The second kappa shape index (κ2) is 5.83. The first kappa shape index (κ1) is 12.9. The Balaban J connectivity index is 2.40. The van der Waals surface area contributed by atoms with Crippen LogP contribution in [0.3, 0.4) is 0 Å². The highest BCUT2D eigenvalue weighted by Gasteiger charge is 2.40. The fourth-order valence-corrected chi connectivity index (χ4v) is 2.42. The van der Waals surface area contributed by atoms with Gasteiger partial charge >= 0.3 is 0 Å². The second-order valence-corrected chi connectivity index (χ2v) is 4.63. The minimum absolute atomic E-state index is 0.134. The molecule has 0 aromatic rings. The van der Waals surface area contributed by atoms with E-state index < -0.39 is 6.10 Å². The summed E-state index contributed by atoms with van der Waals surface area (Å²) < 4.78 is 11.1. The van der Waals surface area contributed by atoms with Crippen LogP contribution in [-0.4, -0.2) is 36.6 Å². The van der Waals surface area contributed by atoms with E-state index in [0.29, 0.717) is 12.5 Å². The van der Waals surface area contributed by atoms with Crippen molar-refractivity contribution in [2.45, 2.75) is 52.4 Å². The molecule has 0 aromatic carbocycles. The van der Waals surface area contributed by atoms with Gasteiger partial charge in [-0.3, -0.25) is 0 Å². The van der Waals surface area contributed by atoms with E-state index in [1.807, 2.05) is 6.92 Å². The molecule has 0 aliphatic carbocycles. The zero-order valence-corrected chi connectivity index (χ0v) is 10.3. The Bertz CT molecular complexity index is 184. The molecule has 0 aromatic heterocycles. The third-order valence-electron chi connectivity index (χ3n) is 3.40. The van der Waals surface area contributed by atoms with E-state index >= 15 is 0 Å². The normalized spacial score (nSPS) is 38.2. The maximum atomic E-state index is 10.0. The molecule has 0 amide bonds. The summed E-state index contributed by atoms with van der Waals surface area (Å²) in [6.07, 6.45) is 0.975. The van der Waals surface area contributed by atoms with E-state index in [1.165, 1.54) is 0 Å². The molecular formula is C12H24O3. The molecule has 1 N–H and O–H groups in total. The van der Waals surface area contributed by atoms with Gasteiger partial charge in [0.25, 0.3) is 0 Å². The highest BCUT2D eigenvalue weighted by atomic mass is 16.5. The van der Waals surface area contributed by atoms with Gasteiger partial charge in [0.2, 0.25) is 0 Å². The standard InChI is InChI=1S/C12H24O3/c1-5-6-14-7-11(13)12-8(2)9(3)15-10(12)4/h8-13H,5-7H2,1-4H3. The van der Waals surface area contributed by atoms with Gasteiger partial charge in [-0.1, -0.05) is 13.8 Å². The van der Waals surface area contributed by atoms with Crippen molar-refractivity contribution in [3.8, 4) is 0 Å². The summed E-state index contributed by atoms with van der Waals surface area (Å²) >= 11 is 0. The predicted octanol–water partition coefficient (Wildman–Crippen LogP) is 1.83. The maximum absolute atomic E-state index is 10.0. The lowest BCUT2D eigenvalue weighted by Crippen LogP contribution is -2.34. The van der Waals surface area contributed by atoms with Crippen molar-refractivity contribution < 1.29 is 14.6 Å². The number of rotatable bonds is 5. The van der Waals surface area contributed by atoms with Gasteiger partial charge in [-0.05, 0) is 26.2 Å². The monoisotopic (exact) mass is 216 g/mol. The minimum Gasteiger partial charge on any atom is -0.390 e. The molecule has 3 heteroatoms. The minimum atomic E-state index is -0.397. The topological polar surface area (TPSA) is 38.7 Å². The fourth-order valence-electron chi connectivity index (χ4n) is 2.42. The Morgan fingerprint density at radius 1 is 1.27 bits per heavy atom. The molecule has 0 radical (unpaired) electrons. The van der Waals surface area contributed by atoms with Crippen LogP contribution in [0.15, 0.2) is 0 Å². The van der Waals surface area contributed by atoms with Gasteiger partial charge < -0.3 is 14.6 Å². The number of aliphatic hydroxyl groups excluding tert-OH is 1. The van der Waals surface area contributed by atoms with Crippen LogP contribution in [0.4, 0.5) is 0 Å².